The topological polar surface area (TPSA) is 40.6 Å². The van der Waals surface area contributed by atoms with Gasteiger partial charge in [-0.15, -0.1) is 0 Å². The third kappa shape index (κ3) is 2.72. The lowest BCUT2D eigenvalue weighted by Crippen LogP contribution is -2.30. The SMILES string of the molecule is CCCCC(=O)N1CCN(C=O)C1. The van der Waals surface area contributed by atoms with E-state index in [1.807, 2.05) is 0 Å². The van der Waals surface area contributed by atoms with Gasteiger partial charge in [0.1, 0.15) is 0 Å². The van der Waals surface area contributed by atoms with E-state index >= 15 is 0 Å². The van der Waals surface area contributed by atoms with Gasteiger partial charge in [0.25, 0.3) is 0 Å². The fourth-order valence-corrected chi connectivity index (χ4v) is 1.39. The smallest absolute Gasteiger partial charge is 0.224 e. The van der Waals surface area contributed by atoms with Gasteiger partial charge in [-0.05, 0) is 6.42 Å². The number of hydrogen-bond donors (Lipinski definition) is 0. The third-order valence-electron chi connectivity index (χ3n) is 2.26. The highest BCUT2D eigenvalue weighted by molar-refractivity contribution is 5.76. The minimum atomic E-state index is 0.172. The first-order chi connectivity index (χ1) is 6.27. The van der Waals surface area contributed by atoms with Crippen LogP contribution in [0.2, 0.25) is 0 Å². The van der Waals surface area contributed by atoms with E-state index in [0.717, 1.165) is 19.3 Å². The van der Waals surface area contributed by atoms with Crippen molar-refractivity contribution in [3.05, 3.63) is 0 Å². The summed E-state index contributed by atoms with van der Waals surface area (Å²) in [5, 5.41) is 0. The summed E-state index contributed by atoms with van der Waals surface area (Å²) in [5.41, 5.74) is 0. The van der Waals surface area contributed by atoms with Gasteiger partial charge in [-0.25, -0.2) is 0 Å². The van der Waals surface area contributed by atoms with Gasteiger partial charge in [0.15, 0.2) is 0 Å². The Morgan fingerprint density at radius 3 is 2.77 bits per heavy atom. The molecule has 1 aliphatic rings. The van der Waals surface area contributed by atoms with Crippen LogP contribution >= 0.6 is 0 Å². The molecule has 2 amide bonds. The first-order valence-electron chi connectivity index (χ1n) is 4.75. The maximum atomic E-state index is 11.4. The summed E-state index contributed by atoms with van der Waals surface area (Å²) in [6.45, 7) is 3.92. The van der Waals surface area contributed by atoms with Gasteiger partial charge in [-0.1, -0.05) is 13.3 Å². The van der Waals surface area contributed by atoms with Crippen LogP contribution in [-0.2, 0) is 9.59 Å². The minimum absolute atomic E-state index is 0.172. The zero-order chi connectivity index (χ0) is 9.68. The fourth-order valence-electron chi connectivity index (χ4n) is 1.39. The molecule has 1 fully saturated rings. The summed E-state index contributed by atoms with van der Waals surface area (Å²) in [6, 6.07) is 0. The molecular formula is C9H16N2O2. The second-order valence-corrected chi connectivity index (χ2v) is 3.32. The van der Waals surface area contributed by atoms with Gasteiger partial charge in [-0.3, -0.25) is 9.59 Å². The maximum absolute atomic E-state index is 11.4. The molecule has 0 aromatic rings. The average molecular weight is 184 g/mol. The molecule has 0 N–H and O–H groups in total. The lowest BCUT2D eigenvalue weighted by molar-refractivity contribution is -0.131. The van der Waals surface area contributed by atoms with Gasteiger partial charge < -0.3 is 9.80 Å². The molecule has 0 radical (unpaired) electrons. The lowest BCUT2D eigenvalue weighted by Gasteiger charge is -2.15. The Kier molecular flexibility index (Phi) is 3.73. The van der Waals surface area contributed by atoms with Crippen LogP contribution in [0.15, 0.2) is 0 Å². The quantitative estimate of drug-likeness (QED) is 0.595. The molecule has 1 aliphatic heterocycles. The Morgan fingerprint density at radius 1 is 1.46 bits per heavy atom. The summed E-state index contributed by atoms with van der Waals surface area (Å²) in [5.74, 6) is 0.172. The predicted molar refractivity (Wildman–Crippen MR) is 48.9 cm³/mol. The minimum Gasteiger partial charge on any atom is -0.326 e. The van der Waals surface area contributed by atoms with Crippen molar-refractivity contribution >= 4 is 12.3 Å². The fraction of sp³-hybridized carbons (Fsp3) is 0.778. The second kappa shape index (κ2) is 4.84. The Morgan fingerprint density at radius 2 is 2.23 bits per heavy atom. The zero-order valence-corrected chi connectivity index (χ0v) is 8.03. The van der Waals surface area contributed by atoms with Crippen LogP contribution in [0, 0.1) is 0 Å². The number of carbonyl (C=O) groups is 2. The number of rotatable bonds is 4. The Labute approximate surface area is 78.5 Å². The number of carbonyl (C=O) groups excluding carboxylic acids is 2. The molecule has 4 nitrogen and oxygen atoms in total. The van der Waals surface area contributed by atoms with Crippen molar-refractivity contribution in [3.8, 4) is 0 Å². The normalized spacial score (nSPS) is 16.4. The van der Waals surface area contributed by atoms with E-state index in [1.54, 1.807) is 9.80 Å². The van der Waals surface area contributed by atoms with Crippen LogP contribution < -0.4 is 0 Å². The largest absolute Gasteiger partial charge is 0.326 e. The summed E-state index contributed by atoms with van der Waals surface area (Å²) in [7, 11) is 0. The number of unbranched alkanes of at least 4 members (excludes halogenated alkanes) is 1. The van der Waals surface area contributed by atoms with E-state index in [9.17, 15) is 9.59 Å². The zero-order valence-electron chi connectivity index (χ0n) is 8.03. The molecule has 0 atom stereocenters. The van der Waals surface area contributed by atoms with Crippen LogP contribution in [0.3, 0.4) is 0 Å². The molecule has 13 heavy (non-hydrogen) atoms. The van der Waals surface area contributed by atoms with Crippen LogP contribution in [0.1, 0.15) is 26.2 Å². The third-order valence-corrected chi connectivity index (χ3v) is 2.26. The first-order valence-corrected chi connectivity index (χ1v) is 4.75. The molecule has 1 heterocycles. The van der Waals surface area contributed by atoms with E-state index in [1.165, 1.54) is 0 Å². The molecule has 0 unspecified atom stereocenters. The second-order valence-electron chi connectivity index (χ2n) is 3.32. The Hall–Kier alpha value is -1.06. The van der Waals surface area contributed by atoms with E-state index in [-0.39, 0.29) is 5.91 Å². The van der Waals surface area contributed by atoms with Gasteiger partial charge in [-0.2, -0.15) is 0 Å². The van der Waals surface area contributed by atoms with Crippen molar-refractivity contribution in [1.29, 1.82) is 0 Å². The van der Waals surface area contributed by atoms with E-state index < -0.39 is 0 Å². The summed E-state index contributed by atoms with van der Waals surface area (Å²) >= 11 is 0. The lowest BCUT2D eigenvalue weighted by atomic mass is 10.2. The van der Waals surface area contributed by atoms with Crippen molar-refractivity contribution in [1.82, 2.24) is 9.80 Å². The van der Waals surface area contributed by atoms with Gasteiger partial charge in [0, 0.05) is 19.5 Å². The van der Waals surface area contributed by atoms with Crippen molar-refractivity contribution < 1.29 is 9.59 Å². The van der Waals surface area contributed by atoms with Crippen LogP contribution in [-0.4, -0.2) is 41.9 Å². The Bertz CT molecular complexity index is 194. The van der Waals surface area contributed by atoms with Crippen molar-refractivity contribution in [2.24, 2.45) is 0 Å². The van der Waals surface area contributed by atoms with Crippen LogP contribution in [0.4, 0.5) is 0 Å². The Balaban J connectivity index is 2.28. The molecule has 0 aromatic heterocycles. The average Bonchev–Trinajstić information content (AvgIpc) is 2.62. The molecule has 0 aliphatic carbocycles. The predicted octanol–water partition coefficient (Wildman–Crippen LogP) is 0.435. The molecule has 0 bridgehead atoms. The monoisotopic (exact) mass is 184 g/mol. The number of nitrogens with zero attached hydrogens (tertiary/aromatic N) is 2. The first kappa shape index (κ1) is 10.0. The van der Waals surface area contributed by atoms with Gasteiger partial charge in [0.2, 0.25) is 12.3 Å². The number of amides is 2. The summed E-state index contributed by atoms with van der Waals surface area (Å²) in [6.07, 6.45) is 3.39. The van der Waals surface area contributed by atoms with Crippen LogP contribution in [0.5, 0.6) is 0 Å². The highest BCUT2D eigenvalue weighted by Crippen LogP contribution is 2.06. The van der Waals surface area contributed by atoms with Crippen molar-refractivity contribution in [3.63, 3.8) is 0 Å². The van der Waals surface area contributed by atoms with Crippen molar-refractivity contribution in [2.45, 2.75) is 26.2 Å². The standard InChI is InChI=1S/C9H16N2O2/c1-2-3-4-9(13)11-6-5-10(7-11)8-12/h8H,2-7H2,1H3. The van der Waals surface area contributed by atoms with Crippen LogP contribution in [0.25, 0.3) is 0 Å². The molecule has 1 saturated heterocycles. The molecule has 0 saturated carbocycles. The maximum Gasteiger partial charge on any atom is 0.224 e. The van der Waals surface area contributed by atoms with Crippen molar-refractivity contribution in [2.75, 3.05) is 19.8 Å². The summed E-state index contributed by atoms with van der Waals surface area (Å²) in [4.78, 5) is 25.2. The highest BCUT2D eigenvalue weighted by Gasteiger charge is 2.21. The van der Waals surface area contributed by atoms with Gasteiger partial charge in [0.05, 0.1) is 6.67 Å². The van der Waals surface area contributed by atoms with E-state index in [2.05, 4.69) is 6.92 Å². The molecule has 0 spiro atoms. The molecule has 0 aromatic carbocycles. The number of hydrogen-bond acceptors (Lipinski definition) is 2. The van der Waals surface area contributed by atoms with E-state index in [0.29, 0.717) is 26.2 Å². The van der Waals surface area contributed by atoms with E-state index in [4.69, 9.17) is 0 Å². The molecule has 74 valence electrons. The summed E-state index contributed by atoms with van der Waals surface area (Å²) < 4.78 is 0. The van der Waals surface area contributed by atoms with Gasteiger partial charge >= 0.3 is 0 Å². The molecule has 4 heteroatoms. The highest BCUT2D eigenvalue weighted by atomic mass is 16.2. The molecule has 1 rings (SSSR count). The molecular weight excluding hydrogens is 168 g/mol.